The maximum absolute atomic E-state index is 14.6. The number of fused-ring (bicyclic) bond motifs is 1. The summed E-state index contributed by atoms with van der Waals surface area (Å²) in [5.41, 5.74) is 2.66. The normalized spacial score (nSPS) is 13.0. The Hall–Kier alpha value is -4.90. The number of amides is 2. The van der Waals surface area contributed by atoms with Gasteiger partial charge in [-0.15, -0.1) is 0 Å². The standard InChI is InChI=1S/C37H40FN3O6S/c1-3-4-20-39-37(43)33(23-28-11-6-5-7-12-28)40(25-29-13-9-8-10-27(29)2)36(42)26-41(31-16-14-30(38)15-17-31)48(44,45)32-18-19-34-35(24-32)47-22-21-46-34/h5-19,24,33H,3-4,20-23,25-26H2,1-2H3,(H,39,43)/t33-/m1/s1. The summed E-state index contributed by atoms with van der Waals surface area (Å²) in [4.78, 5) is 29.8. The lowest BCUT2D eigenvalue weighted by Gasteiger charge is -2.34. The van der Waals surface area contributed by atoms with Crippen molar-refractivity contribution < 1.29 is 31.9 Å². The number of anilines is 1. The zero-order valence-corrected chi connectivity index (χ0v) is 27.9. The zero-order chi connectivity index (χ0) is 34.1. The fraction of sp³-hybridized carbons (Fsp3) is 0.297. The molecule has 1 N–H and O–H groups in total. The third-order valence-corrected chi connectivity index (χ3v) is 9.97. The number of hydrogen-bond acceptors (Lipinski definition) is 6. The fourth-order valence-electron chi connectivity index (χ4n) is 5.48. The van der Waals surface area contributed by atoms with E-state index in [0.717, 1.165) is 46.0 Å². The number of benzene rings is 4. The van der Waals surface area contributed by atoms with E-state index in [9.17, 15) is 22.4 Å². The van der Waals surface area contributed by atoms with Crippen molar-refractivity contribution in [2.24, 2.45) is 0 Å². The molecule has 0 radical (unpaired) electrons. The third kappa shape index (κ3) is 8.32. The van der Waals surface area contributed by atoms with Crippen LogP contribution in [0.5, 0.6) is 11.5 Å². The van der Waals surface area contributed by atoms with Crippen LogP contribution in [-0.2, 0) is 32.6 Å². The van der Waals surface area contributed by atoms with Gasteiger partial charge < -0.3 is 19.7 Å². The van der Waals surface area contributed by atoms with Gasteiger partial charge in [-0.05, 0) is 66.4 Å². The van der Waals surface area contributed by atoms with Crippen LogP contribution in [-0.4, -0.2) is 57.5 Å². The highest BCUT2D eigenvalue weighted by molar-refractivity contribution is 7.92. The van der Waals surface area contributed by atoms with Gasteiger partial charge in [0.25, 0.3) is 10.0 Å². The summed E-state index contributed by atoms with van der Waals surface area (Å²) in [6.45, 7) is 4.38. The molecule has 9 nitrogen and oxygen atoms in total. The number of nitrogens with zero attached hydrogens (tertiary/aromatic N) is 2. The van der Waals surface area contributed by atoms with Crippen molar-refractivity contribution in [3.63, 3.8) is 0 Å². The summed E-state index contributed by atoms with van der Waals surface area (Å²) in [5.74, 6) is -0.824. The minimum atomic E-state index is -4.41. The predicted molar refractivity (Wildman–Crippen MR) is 182 cm³/mol. The van der Waals surface area contributed by atoms with E-state index in [2.05, 4.69) is 5.32 Å². The molecule has 0 aromatic heterocycles. The van der Waals surface area contributed by atoms with Crippen LogP contribution in [0, 0.1) is 12.7 Å². The number of sulfonamides is 1. The number of carbonyl (C=O) groups is 2. The van der Waals surface area contributed by atoms with Crippen molar-refractivity contribution in [2.75, 3.05) is 30.6 Å². The molecular weight excluding hydrogens is 633 g/mol. The van der Waals surface area contributed by atoms with Crippen LogP contribution in [0.15, 0.2) is 102 Å². The number of ether oxygens (including phenoxy) is 2. The predicted octanol–water partition coefficient (Wildman–Crippen LogP) is 5.66. The Labute approximate surface area is 281 Å². The highest BCUT2D eigenvalue weighted by atomic mass is 32.2. The van der Waals surface area contributed by atoms with Crippen LogP contribution >= 0.6 is 0 Å². The monoisotopic (exact) mass is 673 g/mol. The highest BCUT2D eigenvalue weighted by Gasteiger charge is 2.35. The fourth-order valence-corrected chi connectivity index (χ4v) is 6.91. The number of carbonyl (C=O) groups excluding carboxylic acids is 2. The van der Waals surface area contributed by atoms with E-state index in [1.807, 2.05) is 68.4 Å². The van der Waals surface area contributed by atoms with Gasteiger partial charge >= 0.3 is 0 Å². The van der Waals surface area contributed by atoms with Crippen molar-refractivity contribution in [1.29, 1.82) is 0 Å². The third-order valence-electron chi connectivity index (χ3n) is 8.20. The number of unbranched alkanes of at least 4 members (excludes halogenated alkanes) is 1. The quantitative estimate of drug-likeness (QED) is 0.173. The summed E-state index contributed by atoms with van der Waals surface area (Å²) < 4.78 is 54.8. The maximum atomic E-state index is 14.6. The number of rotatable bonds is 14. The topological polar surface area (TPSA) is 105 Å². The van der Waals surface area contributed by atoms with Gasteiger partial charge in [-0.25, -0.2) is 12.8 Å². The molecule has 1 aliphatic rings. The summed E-state index contributed by atoms with van der Waals surface area (Å²) in [6, 6.07) is 25.1. The van der Waals surface area contributed by atoms with E-state index in [0.29, 0.717) is 18.9 Å². The molecular formula is C37H40FN3O6S. The molecule has 0 saturated carbocycles. The lowest BCUT2D eigenvalue weighted by molar-refractivity contribution is -0.140. The lowest BCUT2D eigenvalue weighted by Crippen LogP contribution is -2.53. The number of halogens is 1. The largest absolute Gasteiger partial charge is 0.486 e. The molecule has 1 atom stereocenters. The average molecular weight is 674 g/mol. The molecule has 48 heavy (non-hydrogen) atoms. The number of nitrogens with one attached hydrogen (secondary N) is 1. The van der Waals surface area contributed by atoms with E-state index in [1.54, 1.807) is 0 Å². The van der Waals surface area contributed by atoms with E-state index < -0.39 is 34.3 Å². The Morgan fingerprint density at radius 1 is 0.896 bits per heavy atom. The van der Waals surface area contributed by atoms with Crippen molar-refractivity contribution in [2.45, 2.75) is 50.6 Å². The first-order valence-electron chi connectivity index (χ1n) is 16.0. The van der Waals surface area contributed by atoms with E-state index >= 15 is 0 Å². The molecule has 0 spiro atoms. The van der Waals surface area contributed by atoms with Crippen LogP contribution in [0.2, 0.25) is 0 Å². The second kappa shape index (κ2) is 15.8. The summed E-state index contributed by atoms with van der Waals surface area (Å²) in [6.07, 6.45) is 1.85. The molecule has 11 heteroatoms. The second-order valence-corrected chi connectivity index (χ2v) is 13.5. The van der Waals surface area contributed by atoms with Gasteiger partial charge in [0.2, 0.25) is 11.8 Å². The SMILES string of the molecule is CCCCNC(=O)[C@@H](Cc1ccccc1)N(Cc1ccccc1C)C(=O)CN(c1ccc(F)cc1)S(=O)(=O)c1ccc2c(c1)OCCO2. The smallest absolute Gasteiger partial charge is 0.264 e. The summed E-state index contributed by atoms with van der Waals surface area (Å²) >= 11 is 0. The molecule has 4 aromatic carbocycles. The number of hydrogen-bond donors (Lipinski definition) is 1. The Bertz CT molecular complexity index is 1820. The van der Waals surface area contributed by atoms with Gasteiger partial charge in [0.05, 0.1) is 10.6 Å². The van der Waals surface area contributed by atoms with Gasteiger partial charge in [0, 0.05) is 25.6 Å². The van der Waals surface area contributed by atoms with Gasteiger partial charge in [0.15, 0.2) is 11.5 Å². The second-order valence-electron chi connectivity index (χ2n) is 11.6. The Morgan fingerprint density at radius 2 is 1.58 bits per heavy atom. The molecule has 4 aromatic rings. The molecule has 0 fully saturated rings. The van der Waals surface area contributed by atoms with Gasteiger partial charge in [0.1, 0.15) is 31.6 Å². The van der Waals surface area contributed by atoms with Crippen LogP contribution in [0.25, 0.3) is 0 Å². The van der Waals surface area contributed by atoms with Crippen molar-refractivity contribution in [1.82, 2.24) is 10.2 Å². The first kappa shape index (κ1) is 34.4. The van der Waals surface area contributed by atoms with Crippen LogP contribution < -0.4 is 19.1 Å². The molecule has 0 aliphatic carbocycles. The lowest BCUT2D eigenvalue weighted by atomic mass is 10.0. The van der Waals surface area contributed by atoms with Gasteiger partial charge in [-0.1, -0.05) is 67.9 Å². The van der Waals surface area contributed by atoms with Gasteiger partial charge in [-0.2, -0.15) is 0 Å². The first-order valence-corrected chi connectivity index (χ1v) is 17.4. The Kier molecular flexibility index (Phi) is 11.3. The number of aryl methyl sites for hydroxylation is 1. The van der Waals surface area contributed by atoms with Crippen molar-refractivity contribution >= 4 is 27.5 Å². The molecule has 2 amide bonds. The average Bonchev–Trinajstić information content (AvgIpc) is 3.10. The molecule has 252 valence electrons. The molecule has 0 unspecified atom stereocenters. The van der Waals surface area contributed by atoms with E-state index in [4.69, 9.17) is 9.47 Å². The summed E-state index contributed by atoms with van der Waals surface area (Å²) in [7, 11) is -4.41. The van der Waals surface area contributed by atoms with Crippen molar-refractivity contribution in [3.05, 3.63) is 120 Å². The maximum Gasteiger partial charge on any atom is 0.264 e. The Balaban J connectivity index is 1.57. The molecule has 5 rings (SSSR count). The van der Waals surface area contributed by atoms with Crippen LogP contribution in [0.1, 0.15) is 36.5 Å². The van der Waals surface area contributed by atoms with E-state index in [-0.39, 0.29) is 41.8 Å². The van der Waals surface area contributed by atoms with Crippen LogP contribution in [0.4, 0.5) is 10.1 Å². The summed E-state index contributed by atoms with van der Waals surface area (Å²) in [5, 5.41) is 2.98. The minimum Gasteiger partial charge on any atom is -0.486 e. The van der Waals surface area contributed by atoms with Crippen LogP contribution in [0.3, 0.4) is 0 Å². The molecule has 1 aliphatic heterocycles. The van der Waals surface area contributed by atoms with Gasteiger partial charge in [-0.3, -0.25) is 13.9 Å². The highest BCUT2D eigenvalue weighted by Crippen LogP contribution is 2.34. The zero-order valence-electron chi connectivity index (χ0n) is 27.1. The minimum absolute atomic E-state index is 0.0610. The first-order chi connectivity index (χ1) is 23.2. The Morgan fingerprint density at radius 3 is 2.29 bits per heavy atom. The van der Waals surface area contributed by atoms with Crippen molar-refractivity contribution in [3.8, 4) is 11.5 Å². The molecule has 0 saturated heterocycles. The molecule has 1 heterocycles. The molecule has 0 bridgehead atoms. The van der Waals surface area contributed by atoms with E-state index in [1.165, 1.54) is 35.2 Å².